The molecule has 0 bridgehead atoms. The van der Waals surface area contributed by atoms with Gasteiger partial charge in [-0.25, -0.2) is 4.90 Å². The zero-order valence-electron chi connectivity index (χ0n) is 22.5. The normalized spacial score (nSPS) is 25.5. The number of halogens is 7. The molecule has 0 aromatic heterocycles. The van der Waals surface area contributed by atoms with Crippen molar-refractivity contribution in [2.24, 2.45) is 17.8 Å². The summed E-state index contributed by atoms with van der Waals surface area (Å²) < 4.78 is 81.6. The van der Waals surface area contributed by atoms with Crippen LogP contribution in [0.5, 0.6) is 5.75 Å². The minimum absolute atomic E-state index is 0.0549. The molecule has 0 saturated carbocycles. The molecule has 1 fully saturated rings. The lowest BCUT2D eigenvalue weighted by atomic mass is 9.59. The molecule has 0 radical (unpaired) electrons. The summed E-state index contributed by atoms with van der Waals surface area (Å²) in [4.78, 5) is 54.5. The highest BCUT2D eigenvalue weighted by Gasteiger charge is 2.57. The van der Waals surface area contributed by atoms with Gasteiger partial charge in [-0.3, -0.25) is 19.2 Å². The number of nitrogens with zero attached hydrogens (tertiary/aromatic N) is 1. The number of ketones is 2. The molecule has 1 N–H and O–H groups in total. The minimum atomic E-state index is -5.21. The van der Waals surface area contributed by atoms with Crippen LogP contribution in [0.25, 0.3) is 0 Å². The third kappa shape index (κ3) is 4.58. The summed E-state index contributed by atoms with van der Waals surface area (Å²) in [5, 5.41) is 11.0. The Morgan fingerprint density at radius 1 is 0.886 bits per heavy atom. The number of rotatable bonds is 2. The van der Waals surface area contributed by atoms with E-state index in [1.807, 2.05) is 0 Å². The van der Waals surface area contributed by atoms with E-state index in [1.165, 1.54) is 31.2 Å². The summed E-state index contributed by atoms with van der Waals surface area (Å²) in [5.41, 5.74) is -3.42. The van der Waals surface area contributed by atoms with Crippen LogP contribution in [-0.4, -0.2) is 28.5 Å². The summed E-state index contributed by atoms with van der Waals surface area (Å²) in [7, 11) is 0. The second kappa shape index (κ2) is 9.91. The maximum Gasteiger partial charge on any atom is 0.416 e. The molecule has 2 amide bonds. The number of phenolic OH excluding ortho intramolecular Hbond substituents is 1. The zero-order chi connectivity index (χ0) is 32.0. The number of hydrogen-bond donors (Lipinski definition) is 1. The van der Waals surface area contributed by atoms with E-state index in [-0.39, 0.29) is 52.0 Å². The van der Waals surface area contributed by atoms with E-state index in [1.54, 1.807) is 6.08 Å². The number of alkyl halides is 6. The van der Waals surface area contributed by atoms with Gasteiger partial charge in [0.1, 0.15) is 5.75 Å². The highest BCUT2D eigenvalue weighted by atomic mass is 35.5. The Morgan fingerprint density at radius 2 is 1.52 bits per heavy atom. The van der Waals surface area contributed by atoms with Gasteiger partial charge < -0.3 is 5.11 Å². The van der Waals surface area contributed by atoms with E-state index < -0.39 is 76.2 Å². The first-order chi connectivity index (χ1) is 20.5. The molecule has 2 aromatic rings. The van der Waals surface area contributed by atoms with Crippen LogP contribution in [-0.2, 0) is 31.5 Å². The number of benzene rings is 2. The molecule has 1 heterocycles. The molecule has 4 unspecified atom stereocenters. The van der Waals surface area contributed by atoms with E-state index in [0.29, 0.717) is 22.6 Å². The standard InChI is InChI=1S/C31H20ClF6NO5/c1-12-6-23(41)26-21(27(12)42)11-19-17(24(26)20-10-15(32)2-5-22(20)40)3-4-18-25(19)29(44)39(28(18)43)16-8-13(30(33,34)35)7-14(9-16)31(36,37)38/h2-3,5-10,18-19,24-25,40H,4,11H2,1H3. The molecule has 0 spiro atoms. The molecular formula is C31H20ClF6NO5. The first-order valence-electron chi connectivity index (χ1n) is 13.3. The Morgan fingerprint density at radius 3 is 2.14 bits per heavy atom. The van der Waals surface area contributed by atoms with Gasteiger partial charge in [0, 0.05) is 33.2 Å². The third-order valence-corrected chi connectivity index (χ3v) is 8.93. The van der Waals surface area contributed by atoms with Crippen molar-refractivity contribution < 1.29 is 50.6 Å². The van der Waals surface area contributed by atoms with Crippen LogP contribution in [0.3, 0.4) is 0 Å². The lowest BCUT2D eigenvalue weighted by Gasteiger charge is -2.42. The number of aromatic hydroxyl groups is 1. The van der Waals surface area contributed by atoms with Gasteiger partial charge in [-0.2, -0.15) is 26.3 Å². The smallest absolute Gasteiger partial charge is 0.416 e. The van der Waals surface area contributed by atoms with Crippen LogP contribution >= 0.6 is 11.6 Å². The molecule has 228 valence electrons. The highest BCUT2D eigenvalue weighted by molar-refractivity contribution is 6.30. The van der Waals surface area contributed by atoms with Gasteiger partial charge >= 0.3 is 12.4 Å². The van der Waals surface area contributed by atoms with Crippen LogP contribution in [0.1, 0.15) is 42.4 Å². The second-order valence-electron chi connectivity index (χ2n) is 11.2. The number of imide groups is 1. The lowest BCUT2D eigenvalue weighted by Crippen LogP contribution is -2.39. The van der Waals surface area contributed by atoms with Crippen molar-refractivity contribution in [2.75, 3.05) is 4.90 Å². The van der Waals surface area contributed by atoms with Crippen molar-refractivity contribution in [3.63, 3.8) is 0 Å². The summed E-state index contributed by atoms with van der Waals surface area (Å²) in [5.74, 6) is -7.66. The number of amides is 2. The van der Waals surface area contributed by atoms with E-state index >= 15 is 0 Å². The van der Waals surface area contributed by atoms with E-state index in [0.717, 1.165) is 0 Å². The van der Waals surface area contributed by atoms with Crippen molar-refractivity contribution in [3.8, 4) is 5.75 Å². The number of fused-ring (bicyclic) bond motifs is 3. The Labute approximate surface area is 250 Å². The monoisotopic (exact) mass is 635 g/mol. The summed E-state index contributed by atoms with van der Waals surface area (Å²) in [6.07, 6.45) is -7.97. The van der Waals surface area contributed by atoms with Crippen LogP contribution in [0.15, 0.2) is 70.8 Å². The number of hydrogen-bond acceptors (Lipinski definition) is 5. The molecule has 13 heteroatoms. The quantitative estimate of drug-likeness (QED) is 0.171. The van der Waals surface area contributed by atoms with Gasteiger partial charge in [0.05, 0.1) is 28.7 Å². The summed E-state index contributed by atoms with van der Waals surface area (Å²) >= 11 is 6.21. The average molecular weight is 636 g/mol. The van der Waals surface area contributed by atoms with Crippen LogP contribution < -0.4 is 4.90 Å². The number of allylic oxidation sites excluding steroid dienone is 6. The van der Waals surface area contributed by atoms with E-state index in [4.69, 9.17) is 11.6 Å². The van der Waals surface area contributed by atoms with Gasteiger partial charge in [-0.1, -0.05) is 23.3 Å². The van der Waals surface area contributed by atoms with Gasteiger partial charge in [-0.15, -0.1) is 0 Å². The molecule has 3 aliphatic carbocycles. The number of phenols is 1. The van der Waals surface area contributed by atoms with E-state index in [9.17, 15) is 50.6 Å². The van der Waals surface area contributed by atoms with Crippen LogP contribution in [0.2, 0.25) is 5.02 Å². The Kier molecular flexibility index (Phi) is 6.73. The van der Waals surface area contributed by atoms with Gasteiger partial charge in [0.25, 0.3) is 0 Å². The van der Waals surface area contributed by atoms with Crippen molar-refractivity contribution in [1.29, 1.82) is 0 Å². The van der Waals surface area contributed by atoms with Gasteiger partial charge in [0.15, 0.2) is 11.6 Å². The summed E-state index contributed by atoms with van der Waals surface area (Å²) in [6, 6.07) is 4.65. The van der Waals surface area contributed by atoms with Crippen LogP contribution in [0.4, 0.5) is 32.0 Å². The number of Topliss-reactive ketones (excluding diaryl/α,β-unsaturated/α-hetero) is 1. The molecule has 1 aliphatic heterocycles. The molecule has 2 aromatic carbocycles. The first kappa shape index (κ1) is 29.9. The molecule has 4 atom stereocenters. The fourth-order valence-corrected chi connectivity index (χ4v) is 7.00. The topological polar surface area (TPSA) is 91.8 Å². The highest BCUT2D eigenvalue weighted by Crippen LogP contribution is 2.56. The molecule has 44 heavy (non-hydrogen) atoms. The number of anilines is 1. The van der Waals surface area contributed by atoms with Crippen molar-refractivity contribution in [1.82, 2.24) is 0 Å². The Hall–Kier alpha value is -4.19. The lowest BCUT2D eigenvalue weighted by molar-refractivity contribution is -0.143. The fourth-order valence-electron chi connectivity index (χ4n) is 6.82. The van der Waals surface area contributed by atoms with Gasteiger partial charge in [0.2, 0.25) is 11.8 Å². The van der Waals surface area contributed by atoms with Crippen LogP contribution in [0, 0.1) is 17.8 Å². The van der Waals surface area contributed by atoms with Crippen molar-refractivity contribution in [3.05, 3.63) is 92.6 Å². The summed E-state index contributed by atoms with van der Waals surface area (Å²) in [6.45, 7) is 1.43. The third-order valence-electron chi connectivity index (χ3n) is 8.69. The predicted octanol–water partition coefficient (Wildman–Crippen LogP) is 6.72. The van der Waals surface area contributed by atoms with Crippen molar-refractivity contribution in [2.45, 2.75) is 38.0 Å². The molecular weight excluding hydrogens is 616 g/mol. The Bertz CT molecular complexity index is 1750. The number of carbonyl (C=O) groups excluding carboxylic acids is 4. The second-order valence-corrected chi connectivity index (χ2v) is 11.6. The molecule has 4 aliphatic rings. The number of carbonyl (C=O) groups is 4. The van der Waals surface area contributed by atoms with E-state index in [2.05, 4.69) is 0 Å². The largest absolute Gasteiger partial charge is 0.508 e. The minimum Gasteiger partial charge on any atom is -0.508 e. The van der Waals surface area contributed by atoms with Crippen molar-refractivity contribution >= 4 is 40.7 Å². The van der Waals surface area contributed by atoms with Gasteiger partial charge in [-0.05, 0) is 68.2 Å². The average Bonchev–Trinajstić information content (AvgIpc) is 3.20. The molecule has 1 saturated heterocycles. The Balaban J connectivity index is 1.49. The zero-order valence-corrected chi connectivity index (χ0v) is 23.3. The first-order valence-corrected chi connectivity index (χ1v) is 13.7. The molecule has 6 nitrogen and oxygen atoms in total. The SMILES string of the molecule is CC1=CC(=O)C2=C(CC3C(=CCC4C(=O)N(c5cc(C(F)(F)F)cc(C(F)(F)F)c5)C(=O)C43)C2c2cc(Cl)ccc2O)C1=O. The maximum absolute atomic E-state index is 13.9. The maximum atomic E-state index is 13.9. The fraction of sp³-hybridized carbons (Fsp3) is 0.290. The molecule has 6 rings (SSSR count). The predicted molar refractivity (Wildman–Crippen MR) is 143 cm³/mol.